The zero-order chi connectivity index (χ0) is 14.4. The zero-order valence-electron chi connectivity index (χ0n) is 12.4. The van der Waals surface area contributed by atoms with Gasteiger partial charge in [0.1, 0.15) is 0 Å². The predicted octanol–water partition coefficient (Wildman–Crippen LogP) is 2.76. The maximum absolute atomic E-state index is 12.2. The number of benzene rings is 1. The molecule has 0 bridgehead atoms. The van der Waals surface area contributed by atoms with E-state index in [0.717, 1.165) is 19.3 Å². The number of rotatable bonds is 5. The topological polar surface area (TPSA) is 32.3 Å². The number of hydrogen-bond donors (Lipinski definition) is 1. The molecule has 0 aromatic heterocycles. The van der Waals surface area contributed by atoms with E-state index in [1.807, 2.05) is 32.3 Å². The third-order valence-electron chi connectivity index (χ3n) is 3.92. The summed E-state index contributed by atoms with van der Waals surface area (Å²) in [4.78, 5) is 14.3. The number of carbonyl (C=O) groups is 1. The largest absolute Gasteiger partial charge is 0.354 e. The van der Waals surface area contributed by atoms with Crippen LogP contribution < -0.4 is 5.32 Å². The van der Waals surface area contributed by atoms with E-state index in [1.54, 1.807) is 0 Å². The Morgan fingerprint density at radius 2 is 2.05 bits per heavy atom. The summed E-state index contributed by atoms with van der Waals surface area (Å²) < 4.78 is 0. The van der Waals surface area contributed by atoms with E-state index in [1.165, 1.54) is 5.56 Å². The van der Waals surface area contributed by atoms with Crippen molar-refractivity contribution in [3.63, 3.8) is 0 Å². The summed E-state index contributed by atoms with van der Waals surface area (Å²) >= 11 is 0. The van der Waals surface area contributed by atoms with Crippen LogP contribution in [0.25, 0.3) is 0 Å². The molecule has 20 heavy (non-hydrogen) atoms. The molecular formula is C17H24N2O. The van der Waals surface area contributed by atoms with E-state index in [2.05, 4.69) is 34.5 Å². The summed E-state index contributed by atoms with van der Waals surface area (Å²) in [5.74, 6) is 0.343. The van der Waals surface area contributed by atoms with Crippen molar-refractivity contribution in [2.75, 3.05) is 20.6 Å². The molecule has 0 saturated heterocycles. The second-order valence-corrected chi connectivity index (χ2v) is 5.62. The fourth-order valence-corrected chi connectivity index (χ4v) is 2.65. The molecule has 2 atom stereocenters. The Hall–Kier alpha value is -1.61. The van der Waals surface area contributed by atoms with E-state index in [0.29, 0.717) is 6.54 Å². The third-order valence-corrected chi connectivity index (χ3v) is 3.92. The number of carbonyl (C=O) groups excluding carboxylic acids is 1. The molecule has 1 aromatic rings. The lowest BCUT2D eigenvalue weighted by Crippen LogP contribution is -2.38. The smallest absolute Gasteiger partial charge is 0.223 e. The summed E-state index contributed by atoms with van der Waals surface area (Å²) in [6.45, 7) is 0.663. The van der Waals surface area contributed by atoms with Crippen molar-refractivity contribution < 1.29 is 4.79 Å². The maximum atomic E-state index is 12.2. The Bertz CT molecular complexity index is 453. The molecule has 1 N–H and O–H groups in total. The quantitative estimate of drug-likeness (QED) is 0.836. The van der Waals surface area contributed by atoms with E-state index in [9.17, 15) is 4.79 Å². The van der Waals surface area contributed by atoms with Crippen LogP contribution in [-0.4, -0.2) is 31.4 Å². The highest BCUT2D eigenvalue weighted by Gasteiger charge is 2.20. The number of likely N-dealkylation sites (N-methyl/N-ethyl adjacent to an activating group) is 1. The summed E-state index contributed by atoms with van der Waals surface area (Å²) in [6.07, 6.45) is 7.16. The SMILES string of the molecule is CN(C)[C@@H](CNC(=O)[C@H]1CC=CCC1)c1ccccc1. The Kier molecular flexibility index (Phi) is 5.36. The molecule has 1 aliphatic carbocycles. The summed E-state index contributed by atoms with van der Waals surface area (Å²) in [5.41, 5.74) is 1.24. The van der Waals surface area contributed by atoms with Gasteiger partial charge >= 0.3 is 0 Å². The molecule has 0 spiro atoms. The summed E-state index contributed by atoms with van der Waals surface area (Å²) in [7, 11) is 4.10. The maximum Gasteiger partial charge on any atom is 0.223 e. The van der Waals surface area contributed by atoms with E-state index >= 15 is 0 Å². The molecular weight excluding hydrogens is 248 g/mol. The molecule has 108 valence electrons. The van der Waals surface area contributed by atoms with Crippen LogP contribution in [0.3, 0.4) is 0 Å². The monoisotopic (exact) mass is 272 g/mol. The van der Waals surface area contributed by atoms with Crippen molar-refractivity contribution in [1.29, 1.82) is 0 Å². The third kappa shape index (κ3) is 3.94. The minimum atomic E-state index is 0.151. The number of amides is 1. The van der Waals surface area contributed by atoms with Crippen molar-refractivity contribution in [3.8, 4) is 0 Å². The molecule has 1 aliphatic rings. The van der Waals surface area contributed by atoms with Gasteiger partial charge in [-0.3, -0.25) is 4.79 Å². The van der Waals surface area contributed by atoms with E-state index in [4.69, 9.17) is 0 Å². The van der Waals surface area contributed by atoms with E-state index < -0.39 is 0 Å². The van der Waals surface area contributed by atoms with Crippen LogP contribution >= 0.6 is 0 Å². The molecule has 0 unspecified atom stereocenters. The molecule has 0 saturated carbocycles. The first kappa shape index (κ1) is 14.8. The number of allylic oxidation sites excluding steroid dienone is 2. The highest BCUT2D eigenvalue weighted by molar-refractivity contribution is 5.79. The van der Waals surface area contributed by atoms with E-state index in [-0.39, 0.29) is 17.9 Å². The lowest BCUT2D eigenvalue weighted by atomic mass is 9.93. The Morgan fingerprint density at radius 1 is 1.30 bits per heavy atom. The highest BCUT2D eigenvalue weighted by Crippen LogP contribution is 2.20. The molecule has 0 heterocycles. The first-order chi connectivity index (χ1) is 9.68. The fourth-order valence-electron chi connectivity index (χ4n) is 2.65. The second kappa shape index (κ2) is 7.25. The fraction of sp³-hybridized carbons (Fsp3) is 0.471. The van der Waals surface area contributed by atoms with Gasteiger partial charge in [0.05, 0.1) is 6.04 Å². The average Bonchev–Trinajstić information content (AvgIpc) is 2.49. The minimum Gasteiger partial charge on any atom is -0.354 e. The number of hydrogen-bond acceptors (Lipinski definition) is 2. The van der Waals surface area contributed by atoms with Crippen LogP contribution in [0.4, 0.5) is 0 Å². The molecule has 3 heteroatoms. The van der Waals surface area contributed by atoms with Gasteiger partial charge in [-0.1, -0.05) is 42.5 Å². The number of nitrogens with one attached hydrogen (secondary N) is 1. The second-order valence-electron chi connectivity index (χ2n) is 5.62. The molecule has 3 nitrogen and oxygen atoms in total. The van der Waals surface area contributed by atoms with Crippen molar-refractivity contribution in [2.24, 2.45) is 5.92 Å². The lowest BCUT2D eigenvalue weighted by molar-refractivity contribution is -0.125. The van der Waals surface area contributed by atoms with Gasteiger partial charge < -0.3 is 10.2 Å². The normalized spacial score (nSPS) is 19.9. The van der Waals surface area contributed by atoms with Crippen LogP contribution in [0.1, 0.15) is 30.9 Å². The zero-order valence-corrected chi connectivity index (χ0v) is 12.4. The van der Waals surface area contributed by atoms with Crippen molar-refractivity contribution in [2.45, 2.75) is 25.3 Å². The molecule has 1 aromatic carbocycles. The van der Waals surface area contributed by atoms with Crippen molar-refractivity contribution in [3.05, 3.63) is 48.0 Å². The molecule has 1 amide bonds. The molecule has 0 radical (unpaired) electrons. The van der Waals surface area contributed by atoms with Crippen LogP contribution in [0.15, 0.2) is 42.5 Å². The van der Waals surface area contributed by atoms with Gasteiger partial charge in [-0.2, -0.15) is 0 Å². The minimum absolute atomic E-state index is 0.151. The lowest BCUT2D eigenvalue weighted by Gasteiger charge is -2.26. The summed E-state index contributed by atoms with van der Waals surface area (Å²) in [6, 6.07) is 10.5. The van der Waals surface area contributed by atoms with Crippen molar-refractivity contribution in [1.82, 2.24) is 10.2 Å². The molecule has 0 aliphatic heterocycles. The van der Waals surface area contributed by atoms with Crippen LogP contribution in [0.2, 0.25) is 0 Å². The average molecular weight is 272 g/mol. The highest BCUT2D eigenvalue weighted by atomic mass is 16.1. The summed E-state index contributed by atoms with van der Waals surface area (Å²) in [5, 5.41) is 3.12. The first-order valence-corrected chi connectivity index (χ1v) is 7.32. The van der Waals surface area contributed by atoms with Gasteiger partial charge in [-0.05, 0) is 38.9 Å². The van der Waals surface area contributed by atoms with Gasteiger partial charge in [0.2, 0.25) is 5.91 Å². The molecule has 0 fully saturated rings. The van der Waals surface area contributed by atoms with Gasteiger partial charge in [-0.15, -0.1) is 0 Å². The van der Waals surface area contributed by atoms with Crippen molar-refractivity contribution >= 4 is 5.91 Å². The number of nitrogens with zero attached hydrogens (tertiary/aromatic N) is 1. The van der Waals surface area contributed by atoms with Gasteiger partial charge in [-0.25, -0.2) is 0 Å². The molecule has 2 rings (SSSR count). The first-order valence-electron chi connectivity index (χ1n) is 7.32. The predicted molar refractivity (Wildman–Crippen MR) is 82.4 cm³/mol. The Morgan fingerprint density at radius 3 is 2.65 bits per heavy atom. The Labute approximate surface area is 121 Å². The van der Waals surface area contributed by atoms with Crippen LogP contribution in [-0.2, 0) is 4.79 Å². The van der Waals surface area contributed by atoms with Crippen LogP contribution in [0.5, 0.6) is 0 Å². The van der Waals surface area contributed by atoms with Gasteiger partial charge in [0, 0.05) is 12.5 Å². The van der Waals surface area contributed by atoms with Gasteiger partial charge in [0.25, 0.3) is 0 Å². The van der Waals surface area contributed by atoms with Gasteiger partial charge in [0.15, 0.2) is 0 Å². The Balaban J connectivity index is 1.92. The van der Waals surface area contributed by atoms with Crippen LogP contribution in [0, 0.1) is 5.92 Å². The standard InChI is InChI=1S/C17H24N2O/c1-19(2)16(14-9-5-3-6-10-14)13-18-17(20)15-11-7-4-8-12-15/h3-7,9-10,15-16H,8,11-13H2,1-2H3,(H,18,20)/t15-,16-/m0/s1.